The van der Waals surface area contributed by atoms with Crippen LogP contribution in [0.2, 0.25) is 0 Å². The Bertz CT molecular complexity index is 1180. The molecule has 234 valence electrons. The Hall–Kier alpha value is -2.30. The summed E-state index contributed by atoms with van der Waals surface area (Å²) in [5, 5.41) is 34.1. The molecule has 10 heteroatoms. The topological polar surface area (TPSA) is 157 Å². The Morgan fingerprint density at radius 1 is 1.10 bits per heavy atom. The van der Waals surface area contributed by atoms with Gasteiger partial charge in [0.2, 0.25) is 0 Å². The Morgan fingerprint density at radius 2 is 1.81 bits per heavy atom. The largest absolute Gasteiger partial charge is 0.461 e. The molecule has 1 aliphatic heterocycles. The average molecular weight is 591 g/mol. The fraction of sp³-hybridized carbons (Fsp3) is 0.812. The number of fused-ring (bicyclic) bond motifs is 5. The normalized spacial score (nSPS) is 44.0. The predicted octanol–water partition coefficient (Wildman–Crippen LogP) is 2.65. The van der Waals surface area contributed by atoms with E-state index in [1.807, 2.05) is 6.92 Å². The molecule has 5 rings (SSSR count). The molecule has 0 spiro atoms. The summed E-state index contributed by atoms with van der Waals surface area (Å²) >= 11 is 0. The van der Waals surface area contributed by atoms with Crippen LogP contribution in [-0.2, 0) is 33.4 Å². The van der Waals surface area contributed by atoms with E-state index in [2.05, 4.69) is 13.8 Å². The van der Waals surface area contributed by atoms with Gasteiger partial charge in [-0.3, -0.25) is 14.4 Å². The van der Waals surface area contributed by atoms with Crippen LogP contribution in [0.3, 0.4) is 0 Å². The third-order valence-corrected chi connectivity index (χ3v) is 12.2. The molecule has 4 saturated carbocycles. The van der Waals surface area contributed by atoms with Crippen molar-refractivity contribution in [1.82, 2.24) is 0 Å². The summed E-state index contributed by atoms with van der Waals surface area (Å²) in [4.78, 5) is 50.1. The molecular formula is C32H46O10. The van der Waals surface area contributed by atoms with E-state index in [0.29, 0.717) is 24.8 Å². The van der Waals surface area contributed by atoms with Crippen LogP contribution in [0.5, 0.6) is 0 Å². The summed E-state index contributed by atoms with van der Waals surface area (Å²) in [5.74, 6) is -1.83. The number of cyclic esters (lactones) is 1. The number of ether oxygens (including phenoxy) is 3. The number of hydrogen-bond acceptors (Lipinski definition) is 10. The second kappa shape index (κ2) is 11.0. The van der Waals surface area contributed by atoms with Crippen LogP contribution < -0.4 is 0 Å². The van der Waals surface area contributed by atoms with Gasteiger partial charge in [0, 0.05) is 26.7 Å². The minimum absolute atomic E-state index is 0.0421. The maximum Gasteiger partial charge on any atom is 0.337 e. The molecule has 42 heavy (non-hydrogen) atoms. The maximum atomic E-state index is 13.7. The molecular weight excluding hydrogens is 544 g/mol. The van der Waals surface area contributed by atoms with Gasteiger partial charge in [0.1, 0.15) is 30.2 Å². The molecule has 4 aliphatic carbocycles. The number of carbonyl (C=O) groups is 4. The van der Waals surface area contributed by atoms with Crippen molar-refractivity contribution >= 4 is 23.7 Å². The molecule has 1 unspecified atom stereocenters. The van der Waals surface area contributed by atoms with Crippen LogP contribution in [0, 0.1) is 40.4 Å². The zero-order valence-corrected chi connectivity index (χ0v) is 25.4. The molecule has 11 atom stereocenters. The van der Waals surface area contributed by atoms with Gasteiger partial charge >= 0.3 is 17.9 Å². The Balaban J connectivity index is 1.43. The lowest BCUT2D eigenvalue weighted by Crippen LogP contribution is -2.77. The highest BCUT2D eigenvalue weighted by Crippen LogP contribution is 2.69. The molecule has 5 aliphatic rings. The molecule has 1 heterocycles. The first-order chi connectivity index (χ1) is 19.7. The smallest absolute Gasteiger partial charge is 0.337 e. The molecule has 3 N–H and O–H groups in total. The van der Waals surface area contributed by atoms with Crippen molar-refractivity contribution in [3.63, 3.8) is 0 Å². The van der Waals surface area contributed by atoms with Crippen LogP contribution in [0.25, 0.3) is 0 Å². The zero-order chi connectivity index (χ0) is 30.8. The van der Waals surface area contributed by atoms with E-state index < -0.39 is 47.7 Å². The highest BCUT2D eigenvalue weighted by molar-refractivity contribution is 5.91. The quantitative estimate of drug-likeness (QED) is 0.310. The lowest BCUT2D eigenvalue weighted by Gasteiger charge is -2.65. The van der Waals surface area contributed by atoms with Crippen molar-refractivity contribution in [2.24, 2.45) is 40.4 Å². The van der Waals surface area contributed by atoms with Gasteiger partial charge in [0.05, 0.1) is 23.7 Å². The van der Waals surface area contributed by atoms with Gasteiger partial charge in [-0.05, 0) is 80.5 Å². The van der Waals surface area contributed by atoms with Crippen molar-refractivity contribution in [3.05, 3.63) is 11.1 Å². The summed E-state index contributed by atoms with van der Waals surface area (Å²) in [6.07, 6.45) is 1.39. The van der Waals surface area contributed by atoms with Gasteiger partial charge < -0.3 is 29.5 Å². The Kier molecular flexibility index (Phi) is 8.16. The van der Waals surface area contributed by atoms with Crippen LogP contribution in [-0.4, -0.2) is 76.1 Å². The minimum Gasteiger partial charge on any atom is -0.461 e. The molecule has 4 fully saturated rings. The first-order valence-corrected chi connectivity index (χ1v) is 15.5. The minimum atomic E-state index is -2.05. The van der Waals surface area contributed by atoms with Crippen molar-refractivity contribution in [1.29, 1.82) is 0 Å². The Morgan fingerprint density at radius 3 is 2.43 bits per heavy atom. The standard InChI is InChI=1S/C32H46O10/c1-16-12-25(42-29(38)21(16)14-40-18(3)34)17(2)22-6-7-23-20-13-28(41-19(4)35)32(39)27(37)9-8-26(36)31(32,15-33)24(20)10-11-30(22,23)5/h17,20,22-25,27-28,33,37,39H,6-15H2,1-5H3/t17-,20-,22+,23-,24-,25?,27-,28+,30+,31-,32-/m0/s1. The predicted molar refractivity (Wildman–Crippen MR) is 148 cm³/mol. The van der Waals surface area contributed by atoms with Gasteiger partial charge in [-0.1, -0.05) is 19.4 Å². The van der Waals surface area contributed by atoms with E-state index in [9.17, 15) is 34.5 Å². The van der Waals surface area contributed by atoms with E-state index in [0.717, 1.165) is 24.8 Å². The SMILES string of the molecule is CC(=O)OCC1=C(C)CC([C@@H](C)[C@H]2CC[C@H]3[C@@H]4C[C@@H](OC(C)=O)[C@@]5(O)[C@@H](O)CCC(=O)[C@]5(CO)[C@H]4CC[C@]23C)OC1=O. The van der Waals surface area contributed by atoms with Crippen molar-refractivity contribution in [2.45, 2.75) is 110 Å². The number of Topliss-reactive ketones (excluding diaryl/α,β-unsaturated/α-hetero) is 1. The van der Waals surface area contributed by atoms with Crippen molar-refractivity contribution in [3.8, 4) is 0 Å². The Labute approximate surface area is 247 Å². The van der Waals surface area contributed by atoms with E-state index in [1.165, 1.54) is 13.8 Å². The number of aliphatic hydroxyl groups is 3. The molecule has 0 aromatic heterocycles. The third-order valence-electron chi connectivity index (χ3n) is 12.2. The summed E-state index contributed by atoms with van der Waals surface area (Å²) in [6, 6.07) is 0. The van der Waals surface area contributed by atoms with Gasteiger partial charge in [0.25, 0.3) is 0 Å². The molecule has 10 nitrogen and oxygen atoms in total. The first kappa shape index (κ1) is 31.1. The molecule has 0 saturated heterocycles. The second-order valence-electron chi connectivity index (χ2n) is 13.9. The number of hydrogen-bond donors (Lipinski definition) is 3. The highest BCUT2D eigenvalue weighted by atomic mass is 16.6. The van der Waals surface area contributed by atoms with E-state index in [-0.39, 0.29) is 66.3 Å². The van der Waals surface area contributed by atoms with Gasteiger partial charge in [-0.2, -0.15) is 0 Å². The number of esters is 3. The summed E-state index contributed by atoms with van der Waals surface area (Å²) in [6.45, 7) is 8.13. The van der Waals surface area contributed by atoms with E-state index >= 15 is 0 Å². The molecule has 0 aromatic carbocycles. The molecule has 0 aromatic rings. The molecule has 0 bridgehead atoms. The van der Waals surface area contributed by atoms with Crippen molar-refractivity contribution in [2.75, 3.05) is 13.2 Å². The van der Waals surface area contributed by atoms with Crippen molar-refractivity contribution < 1.29 is 48.7 Å². The van der Waals surface area contributed by atoms with Gasteiger partial charge in [0.15, 0.2) is 0 Å². The first-order valence-electron chi connectivity index (χ1n) is 15.5. The van der Waals surface area contributed by atoms with Crippen LogP contribution in [0.4, 0.5) is 0 Å². The zero-order valence-electron chi connectivity index (χ0n) is 25.4. The summed E-state index contributed by atoms with van der Waals surface area (Å²) in [5.41, 5.74) is -2.55. The fourth-order valence-corrected chi connectivity index (χ4v) is 10.2. The highest BCUT2D eigenvalue weighted by Gasteiger charge is 2.74. The fourth-order valence-electron chi connectivity index (χ4n) is 10.2. The molecule has 0 radical (unpaired) electrons. The lowest BCUT2D eigenvalue weighted by atomic mass is 9.41. The van der Waals surface area contributed by atoms with Gasteiger partial charge in [-0.15, -0.1) is 0 Å². The summed E-state index contributed by atoms with van der Waals surface area (Å²) < 4.78 is 16.7. The number of ketones is 1. The number of aliphatic hydroxyl groups excluding tert-OH is 2. The average Bonchev–Trinajstić information content (AvgIpc) is 3.27. The number of rotatable bonds is 6. The third kappa shape index (κ3) is 4.46. The summed E-state index contributed by atoms with van der Waals surface area (Å²) in [7, 11) is 0. The lowest BCUT2D eigenvalue weighted by molar-refractivity contribution is -0.289. The van der Waals surface area contributed by atoms with Crippen LogP contribution >= 0.6 is 0 Å². The van der Waals surface area contributed by atoms with Crippen LogP contribution in [0.15, 0.2) is 11.1 Å². The molecule has 0 amide bonds. The monoisotopic (exact) mass is 590 g/mol. The van der Waals surface area contributed by atoms with Gasteiger partial charge in [-0.25, -0.2) is 4.79 Å². The number of carbonyl (C=O) groups excluding carboxylic acids is 4. The van der Waals surface area contributed by atoms with E-state index in [4.69, 9.17) is 14.2 Å². The van der Waals surface area contributed by atoms with Crippen LogP contribution in [0.1, 0.15) is 86.0 Å². The maximum absolute atomic E-state index is 13.7. The second-order valence-corrected chi connectivity index (χ2v) is 13.9. The van der Waals surface area contributed by atoms with E-state index in [1.54, 1.807) is 0 Å².